The van der Waals surface area contributed by atoms with E-state index in [2.05, 4.69) is 38.0 Å². The van der Waals surface area contributed by atoms with E-state index in [9.17, 15) is 4.79 Å². The van der Waals surface area contributed by atoms with Crippen molar-refractivity contribution < 1.29 is 4.79 Å². The SMILES string of the molecule is CCCCc1nnc(NC(=O)c2cccc(-n3cnnn3)c2)s1. The molecule has 8 nitrogen and oxygen atoms in total. The molecule has 0 radical (unpaired) electrons. The third kappa shape index (κ3) is 3.75. The van der Waals surface area contributed by atoms with Crippen molar-refractivity contribution in [2.75, 3.05) is 5.32 Å². The number of tetrazole rings is 1. The second kappa shape index (κ2) is 7.05. The largest absolute Gasteiger partial charge is 0.296 e. The third-order valence-corrected chi connectivity index (χ3v) is 4.05. The van der Waals surface area contributed by atoms with Gasteiger partial charge in [-0.1, -0.05) is 30.7 Å². The predicted octanol–water partition coefficient (Wildman–Crippen LogP) is 2.11. The predicted molar refractivity (Wildman–Crippen MR) is 85.6 cm³/mol. The molecule has 3 rings (SSSR count). The molecule has 0 aliphatic carbocycles. The fraction of sp³-hybridized carbons (Fsp3) is 0.286. The lowest BCUT2D eigenvalue weighted by molar-refractivity contribution is 0.102. The summed E-state index contributed by atoms with van der Waals surface area (Å²) in [7, 11) is 0. The molecule has 9 heteroatoms. The summed E-state index contributed by atoms with van der Waals surface area (Å²) in [6.45, 7) is 2.13. The number of carbonyl (C=O) groups excluding carboxylic acids is 1. The number of aromatic nitrogens is 6. The Hall–Kier alpha value is -2.68. The summed E-state index contributed by atoms with van der Waals surface area (Å²) in [6.07, 6.45) is 4.53. The fourth-order valence-electron chi connectivity index (χ4n) is 1.97. The van der Waals surface area contributed by atoms with Gasteiger partial charge in [-0.05, 0) is 35.0 Å². The van der Waals surface area contributed by atoms with Gasteiger partial charge >= 0.3 is 0 Å². The van der Waals surface area contributed by atoms with Gasteiger partial charge in [-0.25, -0.2) is 4.68 Å². The summed E-state index contributed by atoms with van der Waals surface area (Å²) in [5.41, 5.74) is 1.21. The van der Waals surface area contributed by atoms with Crippen LogP contribution in [0.25, 0.3) is 5.69 Å². The minimum absolute atomic E-state index is 0.238. The lowest BCUT2D eigenvalue weighted by Gasteiger charge is -2.04. The Morgan fingerprint density at radius 1 is 1.35 bits per heavy atom. The number of benzene rings is 1. The molecule has 0 saturated heterocycles. The van der Waals surface area contributed by atoms with Crippen molar-refractivity contribution in [3.63, 3.8) is 0 Å². The summed E-state index contributed by atoms with van der Waals surface area (Å²) in [4.78, 5) is 12.3. The molecule has 0 saturated carbocycles. The van der Waals surface area contributed by atoms with Gasteiger partial charge in [-0.15, -0.1) is 15.3 Å². The molecule has 0 fully saturated rings. The molecule has 23 heavy (non-hydrogen) atoms. The Morgan fingerprint density at radius 3 is 3.04 bits per heavy atom. The van der Waals surface area contributed by atoms with Crippen molar-refractivity contribution in [3.8, 4) is 5.69 Å². The number of nitrogens with zero attached hydrogens (tertiary/aromatic N) is 6. The molecule has 1 N–H and O–H groups in total. The van der Waals surface area contributed by atoms with Crippen LogP contribution in [0.5, 0.6) is 0 Å². The van der Waals surface area contributed by atoms with Crippen LogP contribution in [0.4, 0.5) is 5.13 Å². The van der Waals surface area contributed by atoms with Gasteiger partial charge < -0.3 is 0 Å². The van der Waals surface area contributed by atoms with Crippen molar-refractivity contribution in [2.45, 2.75) is 26.2 Å². The van der Waals surface area contributed by atoms with Crippen LogP contribution < -0.4 is 5.32 Å². The molecular weight excluding hydrogens is 314 g/mol. The van der Waals surface area contributed by atoms with E-state index < -0.39 is 0 Å². The van der Waals surface area contributed by atoms with Crippen LogP contribution >= 0.6 is 11.3 Å². The maximum absolute atomic E-state index is 12.3. The Morgan fingerprint density at radius 2 is 2.26 bits per heavy atom. The van der Waals surface area contributed by atoms with E-state index in [0.717, 1.165) is 24.3 Å². The van der Waals surface area contributed by atoms with Gasteiger partial charge in [-0.3, -0.25) is 10.1 Å². The van der Waals surface area contributed by atoms with E-state index in [4.69, 9.17) is 0 Å². The molecule has 2 aromatic heterocycles. The molecule has 118 valence electrons. The number of rotatable bonds is 6. The second-order valence-electron chi connectivity index (χ2n) is 4.86. The number of hydrogen-bond acceptors (Lipinski definition) is 7. The van der Waals surface area contributed by atoms with Crippen LogP contribution in [0.2, 0.25) is 0 Å². The molecule has 0 spiro atoms. The van der Waals surface area contributed by atoms with E-state index in [-0.39, 0.29) is 5.91 Å². The summed E-state index contributed by atoms with van der Waals surface area (Å²) in [5, 5.41) is 23.3. The quantitative estimate of drug-likeness (QED) is 0.743. The van der Waals surface area contributed by atoms with Gasteiger partial charge in [0.25, 0.3) is 5.91 Å². The first-order valence-electron chi connectivity index (χ1n) is 7.23. The number of unbranched alkanes of at least 4 members (excludes halogenated alkanes) is 1. The first-order valence-corrected chi connectivity index (χ1v) is 8.05. The molecule has 0 aliphatic heterocycles. The summed E-state index contributed by atoms with van der Waals surface area (Å²) in [6, 6.07) is 7.03. The highest BCUT2D eigenvalue weighted by atomic mass is 32.1. The zero-order valence-electron chi connectivity index (χ0n) is 12.5. The average Bonchev–Trinajstić information content (AvgIpc) is 3.25. The lowest BCUT2D eigenvalue weighted by Crippen LogP contribution is -2.12. The maximum Gasteiger partial charge on any atom is 0.257 e. The van der Waals surface area contributed by atoms with Crippen LogP contribution in [-0.4, -0.2) is 36.3 Å². The van der Waals surface area contributed by atoms with Crippen molar-refractivity contribution in [1.82, 2.24) is 30.4 Å². The number of nitrogens with one attached hydrogen (secondary N) is 1. The van der Waals surface area contributed by atoms with E-state index in [0.29, 0.717) is 16.4 Å². The minimum Gasteiger partial charge on any atom is -0.296 e. The van der Waals surface area contributed by atoms with E-state index in [1.807, 2.05) is 6.07 Å². The van der Waals surface area contributed by atoms with Crippen molar-refractivity contribution in [3.05, 3.63) is 41.2 Å². The zero-order valence-corrected chi connectivity index (χ0v) is 13.3. The van der Waals surface area contributed by atoms with E-state index in [1.165, 1.54) is 22.3 Å². The molecule has 1 aromatic carbocycles. The summed E-state index contributed by atoms with van der Waals surface area (Å²) >= 11 is 1.41. The number of anilines is 1. The van der Waals surface area contributed by atoms with Crippen LogP contribution in [0.3, 0.4) is 0 Å². The molecule has 3 aromatic rings. The van der Waals surface area contributed by atoms with Gasteiger partial charge in [0, 0.05) is 12.0 Å². The highest BCUT2D eigenvalue weighted by Gasteiger charge is 2.11. The molecule has 0 atom stereocenters. The maximum atomic E-state index is 12.3. The smallest absolute Gasteiger partial charge is 0.257 e. The van der Waals surface area contributed by atoms with E-state index in [1.54, 1.807) is 18.2 Å². The Labute approximate surface area is 136 Å². The van der Waals surface area contributed by atoms with Gasteiger partial charge in [0.2, 0.25) is 5.13 Å². The first kappa shape index (κ1) is 15.2. The standard InChI is InChI=1S/C14H15N7OS/c1-2-3-7-12-17-18-14(23-12)16-13(22)10-5-4-6-11(8-10)21-9-15-19-20-21/h4-6,8-9H,2-3,7H2,1H3,(H,16,18,22). The Bertz CT molecular complexity index is 784. The first-order chi connectivity index (χ1) is 11.3. The normalized spacial score (nSPS) is 10.7. The van der Waals surface area contributed by atoms with Crippen LogP contribution in [0.1, 0.15) is 35.1 Å². The van der Waals surface area contributed by atoms with Gasteiger partial charge in [0.05, 0.1) is 5.69 Å². The Kier molecular flexibility index (Phi) is 4.67. The van der Waals surface area contributed by atoms with Gasteiger partial charge in [0.1, 0.15) is 11.3 Å². The average molecular weight is 329 g/mol. The molecule has 2 heterocycles. The van der Waals surface area contributed by atoms with Crippen LogP contribution in [0, 0.1) is 0 Å². The Balaban J connectivity index is 1.71. The van der Waals surface area contributed by atoms with Crippen LogP contribution in [0.15, 0.2) is 30.6 Å². The zero-order chi connectivity index (χ0) is 16.1. The molecular formula is C14H15N7OS. The van der Waals surface area contributed by atoms with Crippen molar-refractivity contribution in [2.24, 2.45) is 0 Å². The highest BCUT2D eigenvalue weighted by molar-refractivity contribution is 7.15. The molecule has 0 bridgehead atoms. The fourth-order valence-corrected chi connectivity index (χ4v) is 2.75. The second-order valence-corrected chi connectivity index (χ2v) is 5.93. The van der Waals surface area contributed by atoms with E-state index >= 15 is 0 Å². The summed E-state index contributed by atoms with van der Waals surface area (Å²) < 4.78 is 1.49. The summed E-state index contributed by atoms with van der Waals surface area (Å²) in [5.74, 6) is -0.238. The molecule has 0 aliphatic rings. The molecule has 1 amide bonds. The number of aryl methyl sites for hydroxylation is 1. The topological polar surface area (TPSA) is 98.5 Å². The number of amides is 1. The van der Waals surface area contributed by atoms with Crippen molar-refractivity contribution in [1.29, 1.82) is 0 Å². The van der Waals surface area contributed by atoms with Crippen LogP contribution in [-0.2, 0) is 6.42 Å². The van der Waals surface area contributed by atoms with Gasteiger partial charge in [0.15, 0.2) is 0 Å². The van der Waals surface area contributed by atoms with Crippen molar-refractivity contribution >= 4 is 22.4 Å². The molecule has 0 unspecified atom stereocenters. The monoisotopic (exact) mass is 329 g/mol. The number of hydrogen-bond donors (Lipinski definition) is 1. The third-order valence-electron chi connectivity index (χ3n) is 3.15. The number of carbonyl (C=O) groups is 1. The van der Waals surface area contributed by atoms with Gasteiger partial charge in [-0.2, -0.15) is 0 Å². The lowest BCUT2D eigenvalue weighted by atomic mass is 10.2. The highest BCUT2D eigenvalue weighted by Crippen LogP contribution is 2.18. The minimum atomic E-state index is -0.238.